The van der Waals surface area contributed by atoms with Crippen LogP contribution in [0, 0.1) is 0 Å². The summed E-state index contributed by atoms with van der Waals surface area (Å²) in [4.78, 5) is 34.3. The third-order valence-corrected chi connectivity index (χ3v) is 5.25. The van der Waals surface area contributed by atoms with Gasteiger partial charge in [-0.05, 0) is 46.1 Å². The fourth-order valence-corrected chi connectivity index (χ4v) is 3.76. The molecule has 0 radical (unpaired) electrons. The van der Waals surface area contributed by atoms with Crippen molar-refractivity contribution in [1.82, 2.24) is 9.97 Å². The molecule has 3 rings (SSSR count). The Morgan fingerprint density at radius 1 is 1.21 bits per heavy atom. The van der Waals surface area contributed by atoms with E-state index in [-0.39, 0.29) is 12.5 Å². The monoisotopic (exact) mass is 459 g/mol. The highest BCUT2D eigenvalue weighted by atomic mass is 79.9. The number of halogens is 1. The summed E-state index contributed by atoms with van der Waals surface area (Å²) in [7, 11) is 0. The average molecular weight is 460 g/mol. The van der Waals surface area contributed by atoms with E-state index in [1.807, 2.05) is 24.3 Å². The van der Waals surface area contributed by atoms with Crippen molar-refractivity contribution in [2.45, 2.75) is 26.9 Å². The summed E-state index contributed by atoms with van der Waals surface area (Å²) in [6.07, 6.45) is 3.96. The van der Waals surface area contributed by atoms with Crippen LogP contribution in [0.2, 0.25) is 0 Å². The van der Waals surface area contributed by atoms with Crippen LogP contribution in [0.4, 0.5) is 10.8 Å². The number of rotatable bonds is 6. The maximum Gasteiger partial charge on any atom is 0.340 e. The van der Waals surface area contributed by atoms with Gasteiger partial charge in [0.05, 0.1) is 16.9 Å². The standard InChI is InChI=1S/C20H18BrN3O3S/c1-3-14-4-6-18(7-5-14)24(13(2)25)20-23-17(12-28-20)11-27-19(26)15-8-16(21)10-22-9-15/h4-10,12H,3,11H2,1-2H3. The summed E-state index contributed by atoms with van der Waals surface area (Å²) in [6, 6.07) is 9.43. The average Bonchev–Trinajstić information content (AvgIpc) is 3.15. The summed E-state index contributed by atoms with van der Waals surface area (Å²) in [5.41, 5.74) is 2.88. The molecule has 1 amide bonds. The molecule has 2 aromatic heterocycles. The van der Waals surface area contributed by atoms with Crippen molar-refractivity contribution in [1.29, 1.82) is 0 Å². The number of thiazole rings is 1. The van der Waals surface area contributed by atoms with E-state index >= 15 is 0 Å². The topological polar surface area (TPSA) is 72.4 Å². The zero-order valence-corrected chi connectivity index (χ0v) is 17.8. The Morgan fingerprint density at radius 3 is 2.61 bits per heavy atom. The predicted molar refractivity (Wildman–Crippen MR) is 112 cm³/mol. The van der Waals surface area contributed by atoms with E-state index in [0.717, 1.165) is 12.1 Å². The van der Waals surface area contributed by atoms with Gasteiger partial charge in [-0.3, -0.25) is 14.7 Å². The molecule has 0 aliphatic rings. The number of hydrogen-bond donors (Lipinski definition) is 0. The lowest BCUT2D eigenvalue weighted by molar-refractivity contribution is -0.115. The molecule has 0 aliphatic carbocycles. The molecule has 0 bridgehead atoms. The molecule has 3 aromatic rings. The molecule has 0 atom stereocenters. The number of anilines is 2. The lowest BCUT2D eigenvalue weighted by atomic mass is 10.1. The minimum Gasteiger partial charge on any atom is -0.456 e. The van der Waals surface area contributed by atoms with E-state index in [9.17, 15) is 9.59 Å². The first-order valence-corrected chi connectivity index (χ1v) is 10.3. The number of ether oxygens (including phenoxy) is 1. The lowest BCUT2D eigenvalue weighted by Gasteiger charge is -2.18. The predicted octanol–water partition coefficient (Wildman–Crippen LogP) is 4.90. The molecule has 144 valence electrons. The molecule has 0 spiro atoms. The third-order valence-electron chi connectivity index (χ3n) is 3.94. The molecule has 0 saturated heterocycles. The molecular formula is C20H18BrN3O3S. The summed E-state index contributed by atoms with van der Waals surface area (Å²) in [5.74, 6) is -0.621. The summed E-state index contributed by atoms with van der Waals surface area (Å²) in [6.45, 7) is 3.59. The van der Waals surface area contributed by atoms with E-state index in [0.29, 0.717) is 20.9 Å². The maximum absolute atomic E-state index is 12.2. The van der Waals surface area contributed by atoms with Gasteiger partial charge in [-0.1, -0.05) is 19.1 Å². The Hall–Kier alpha value is -2.58. The van der Waals surface area contributed by atoms with Gasteiger partial charge in [-0.25, -0.2) is 9.78 Å². The molecular weight excluding hydrogens is 442 g/mol. The van der Waals surface area contributed by atoms with Crippen LogP contribution in [-0.4, -0.2) is 21.8 Å². The highest BCUT2D eigenvalue weighted by Crippen LogP contribution is 2.29. The molecule has 8 heteroatoms. The van der Waals surface area contributed by atoms with E-state index in [1.54, 1.807) is 22.5 Å². The highest BCUT2D eigenvalue weighted by molar-refractivity contribution is 9.10. The van der Waals surface area contributed by atoms with Gasteiger partial charge in [0.25, 0.3) is 0 Å². The number of esters is 1. The summed E-state index contributed by atoms with van der Waals surface area (Å²) < 4.78 is 6.00. The zero-order valence-electron chi connectivity index (χ0n) is 15.4. The molecule has 0 aliphatic heterocycles. The number of benzene rings is 1. The van der Waals surface area contributed by atoms with Crippen molar-refractivity contribution in [3.8, 4) is 0 Å². The van der Waals surface area contributed by atoms with E-state index < -0.39 is 5.97 Å². The molecule has 1 aromatic carbocycles. The van der Waals surface area contributed by atoms with Gasteiger partial charge < -0.3 is 4.74 Å². The molecule has 28 heavy (non-hydrogen) atoms. The fraction of sp³-hybridized carbons (Fsp3) is 0.200. The Bertz CT molecular complexity index is 988. The van der Waals surface area contributed by atoms with Crippen LogP contribution in [0.3, 0.4) is 0 Å². The minimum atomic E-state index is -0.484. The Kier molecular flexibility index (Phi) is 6.53. The number of aromatic nitrogens is 2. The first-order valence-electron chi connectivity index (χ1n) is 8.59. The molecule has 6 nitrogen and oxygen atoms in total. The van der Waals surface area contributed by atoms with Crippen LogP contribution < -0.4 is 4.90 Å². The Balaban J connectivity index is 1.72. The SMILES string of the molecule is CCc1ccc(N(C(C)=O)c2nc(COC(=O)c3cncc(Br)c3)cs2)cc1. The first-order chi connectivity index (χ1) is 13.5. The molecule has 0 saturated carbocycles. The van der Waals surface area contributed by atoms with Crippen molar-refractivity contribution in [2.75, 3.05) is 4.90 Å². The van der Waals surface area contributed by atoms with Gasteiger partial charge in [-0.15, -0.1) is 11.3 Å². The van der Waals surface area contributed by atoms with E-state index in [1.165, 1.54) is 30.0 Å². The quantitative estimate of drug-likeness (QED) is 0.489. The Morgan fingerprint density at radius 2 is 1.96 bits per heavy atom. The second kappa shape index (κ2) is 9.07. The number of aryl methyl sites for hydroxylation is 1. The number of amides is 1. The Labute approximate surface area is 175 Å². The highest BCUT2D eigenvalue weighted by Gasteiger charge is 2.18. The molecule has 0 unspecified atom stereocenters. The molecule has 0 N–H and O–H groups in total. The van der Waals surface area contributed by atoms with E-state index in [4.69, 9.17) is 4.74 Å². The minimum absolute atomic E-state index is 0.0162. The molecule has 2 heterocycles. The van der Waals surface area contributed by atoms with Crippen LogP contribution in [0.5, 0.6) is 0 Å². The van der Waals surface area contributed by atoms with Crippen molar-refractivity contribution in [3.63, 3.8) is 0 Å². The van der Waals surface area contributed by atoms with Crippen LogP contribution in [0.1, 0.15) is 35.5 Å². The maximum atomic E-state index is 12.2. The largest absolute Gasteiger partial charge is 0.456 e. The third kappa shape index (κ3) is 4.82. The normalized spacial score (nSPS) is 10.5. The second-order valence-electron chi connectivity index (χ2n) is 5.96. The second-order valence-corrected chi connectivity index (χ2v) is 7.72. The van der Waals surface area contributed by atoms with Gasteiger partial charge >= 0.3 is 5.97 Å². The number of carbonyl (C=O) groups is 2. The fourth-order valence-electron chi connectivity index (χ4n) is 2.52. The van der Waals surface area contributed by atoms with Crippen molar-refractivity contribution >= 4 is 50.0 Å². The zero-order chi connectivity index (χ0) is 20.1. The number of pyridine rings is 1. The van der Waals surface area contributed by atoms with Crippen molar-refractivity contribution in [2.24, 2.45) is 0 Å². The number of hydrogen-bond acceptors (Lipinski definition) is 6. The van der Waals surface area contributed by atoms with Crippen molar-refractivity contribution in [3.05, 3.63) is 69.4 Å². The van der Waals surface area contributed by atoms with Crippen LogP contribution in [0.15, 0.2) is 52.6 Å². The van der Waals surface area contributed by atoms with Crippen LogP contribution >= 0.6 is 27.3 Å². The summed E-state index contributed by atoms with van der Waals surface area (Å²) >= 11 is 4.60. The van der Waals surface area contributed by atoms with Crippen LogP contribution in [-0.2, 0) is 22.6 Å². The van der Waals surface area contributed by atoms with Gasteiger partial charge in [0.15, 0.2) is 5.13 Å². The van der Waals surface area contributed by atoms with Gasteiger partial charge in [-0.2, -0.15) is 0 Å². The molecule has 0 fully saturated rings. The first kappa shape index (κ1) is 20.2. The van der Waals surface area contributed by atoms with Gasteiger partial charge in [0, 0.05) is 29.2 Å². The van der Waals surface area contributed by atoms with Crippen LogP contribution in [0.25, 0.3) is 0 Å². The van der Waals surface area contributed by atoms with Gasteiger partial charge in [0.1, 0.15) is 6.61 Å². The van der Waals surface area contributed by atoms with Crippen molar-refractivity contribution < 1.29 is 14.3 Å². The lowest BCUT2D eigenvalue weighted by Crippen LogP contribution is -2.22. The van der Waals surface area contributed by atoms with E-state index in [2.05, 4.69) is 32.8 Å². The van der Waals surface area contributed by atoms with Gasteiger partial charge in [0.2, 0.25) is 5.91 Å². The number of nitrogens with zero attached hydrogens (tertiary/aromatic N) is 3. The number of carbonyl (C=O) groups excluding carboxylic acids is 2. The smallest absolute Gasteiger partial charge is 0.340 e. The summed E-state index contributed by atoms with van der Waals surface area (Å²) in [5, 5.41) is 2.31.